The fraction of sp³-hybridized carbons (Fsp3) is 0.375. The van der Waals surface area contributed by atoms with Crippen LogP contribution in [-0.4, -0.2) is 33.7 Å². The Bertz CT molecular complexity index is 595. The van der Waals surface area contributed by atoms with Gasteiger partial charge in [0.15, 0.2) is 5.69 Å². The fourth-order valence-corrected chi connectivity index (χ4v) is 2.20. The van der Waals surface area contributed by atoms with E-state index in [0.717, 1.165) is 11.4 Å². The number of carbonyl (C=O) groups is 1. The van der Waals surface area contributed by atoms with Crippen LogP contribution in [-0.2, 0) is 0 Å². The molecule has 0 unspecified atom stereocenters. The summed E-state index contributed by atoms with van der Waals surface area (Å²) in [5.74, 6) is -0.0102. The predicted molar refractivity (Wildman–Crippen MR) is 80.3 cm³/mol. The Kier molecular flexibility index (Phi) is 4.23. The van der Waals surface area contributed by atoms with E-state index >= 15 is 0 Å². The third-order valence-electron chi connectivity index (χ3n) is 3.44. The van der Waals surface area contributed by atoms with Crippen LogP contribution < -0.4 is 0 Å². The molecule has 0 radical (unpaired) electrons. The molecule has 0 aliphatic rings. The second-order valence-electron chi connectivity index (χ2n) is 4.90. The monoisotopic (exact) mass is 271 g/mol. The van der Waals surface area contributed by atoms with Gasteiger partial charge in [0.25, 0.3) is 5.91 Å². The molecule has 0 spiro atoms. The van der Waals surface area contributed by atoms with Crippen LogP contribution in [0.25, 0.3) is 5.69 Å². The Labute approximate surface area is 120 Å². The van der Waals surface area contributed by atoms with Crippen LogP contribution in [0.3, 0.4) is 0 Å². The molecule has 0 bridgehead atoms. The van der Waals surface area contributed by atoms with E-state index in [2.05, 4.69) is 12.0 Å². The molecule has 0 N–H and O–H groups in total. The molecule has 4 heteroatoms. The minimum absolute atomic E-state index is 0.0102. The molecule has 106 valence electrons. The number of benzene rings is 1. The lowest BCUT2D eigenvalue weighted by Crippen LogP contribution is -2.30. The lowest BCUT2D eigenvalue weighted by atomic mass is 10.2. The summed E-state index contributed by atoms with van der Waals surface area (Å²) in [6.45, 7) is 9.37. The molecule has 2 aromatic rings. The van der Waals surface area contributed by atoms with Crippen molar-refractivity contribution < 1.29 is 4.79 Å². The smallest absolute Gasteiger partial charge is 0.274 e. The zero-order chi connectivity index (χ0) is 14.7. The maximum Gasteiger partial charge on any atom is 0.274 e. The molecule has 4 nitrogen and oxygen atoms in total. The molecule has 1 aromatic carbocycles. The number of hydrogen-bond acceptors (Lipinski definition) is 2. The minimum Gasteiger partial charge on any atom is -0.338 e. The Morgan fingerprint density at radius 1 is 1.15 bits per heavy atom. The summed E-state index contributed by atoms with van der Waals surface area (Å²) < 4.78 is 1.82. The number of aromatic nitrogens is 2. The Balaban J connectivity index is 2.34. The number of hydrogen-bond donors (Lipinski definition) is 0. The number of rotatable bonds is 4. The lowest BCUT2D eigenvalue weighted by molar-refractivity contribution is 0.0766. The van der Waals surface area contributed by atoms with Gasteiger partial charge in [-0.25, -0.2) is 4.68 Å². The van der Waals surface area contributed by atoms with Gasteiger partial charge in [-0.15, -0.1) is 0 Å². The third-order valence-corrected chi connectivity index (χ3v) is 3.44. The summed E-state index contributed by atoms with van der Waals surface area (Å²) >= 11 is 0. The maximum atomic E-state index is 12.3. The van der Waals surface area contributed by atoms with Gasteiger partial charge in [-0.3, -0.25) is 4.79 Å². The van der Waals surface area contributed by atoms with Crippen LogP contribution in [0.2, 0.25) is 0 Å². The van der Waals surface area contributed by atoms with E-state index in [9.17, 15) is 4.79 Å². The van der Waals surface area contributed by atoms with E-state index in [-0.39, 0.29) is 5.91 Å². The second kappa shape index (κ2) is 5.90. The number of carbonyl (C=O) groups excluding carboxylic acids is 1. The molecule has 1 amide bonds. The molecule has 2 rings (SSSR count). The van der Waals surface area contributed by atoms with Crippen LogP contribution in [0.4, 0.5) is 0 Å². The molecule has 0 saturated carbocycles. The van der Waals surface area contributed by atoms with Crippen molar-refractivity contribution >= 4 is 5.91 Å². The Hall–Kier alpha value is -2.10. The molecule has 0 fully saturated rings. The van der Waals surface area contributed by atoms with Gasteiger partial charge in [-0.2, -0.15) is 5.10 Å². The van der Waals surface area contributed by atoms with Crippen LogP contribution in [0.5, 0.6) is 0 Å². The summed E-state index contributed by atoms with van der Waals surface area (Å²) in [6.07, 6.45) is 0. The lowest BCUT2D eigenvalue weighted by Gasteiger charge is -2.16. The maximum absolute atomic E-state index is 12.3. The number of amides is 1. The first-order valence-electron chi connectivity index (χ1n) is 6.99. The fourth-order valence-electron chi connectivity index (χ4n) is 2.20. The molecule has 0 saturated heterocycles. The highest BCUT2D eigenvalue weighted by molar-refractivity contribution is 5.92. The highest BCUT2D eigenvalue weighted by atomic mass is 16.2. The normalized spacial score (nSPS) is 10.6. The van der Waals surface area contributed by atoms with Crippen molar-refractivity contribution in [2.24, 2.45) is 0 Å². The van der Waals surface area contributed by atoms with Crippen molar-refractivity contribution in [2.45, 2.75) is 27.7 Å². The SMILES string of the molecule is CCN(CC)C(=O)c1cc(C)n(-c2ccc(C)cc2)n1. The van der Waals surface area contributed by atoms with E-state index in [0.29, 0.717) is 18.8 Å². The number of nitrogens with zero attached hydrogens (tertiary/aromatic N) is 3. The standard InChI is InChI=1S/C16H21N3O/c1-5-18(6-2)16(20)15-11-13(4)19(17-15)14-9-7-12(3)8-10-14/h7-11H,5-6H2,1-4H3. The molecular weight excluding hydrogens is 250 g/mol. The third kappa shape index (κ3) is 2.74. The van der Waals surface area contributed by atoms with E-state index in [1.165, 1.54) is 5.56 Å². The van der Waals surface area contributed by atoms with Gasteiger partial charge < -0.3 is 4.90 Å². The highest BCUT2D eigenvalue weighted by Crippen LogP contribution is 2.14. The van der Waals surface area contributed by atoms with Gasteiger partial charge in [0.05, 0.1) is 5.69 Å². The average molecular weight is 271 g/mol. The molecule has 1 heterocycles. The van der Waals surface area contributed by atoms with Gasteiger partial charge >= 0.3 is 0 Å². The van der Waals surface area contributed by atoms with Crippen molar-refractivity contribution in [2.75, 3.05) is 13.1 Å². The van der Waals surface area contributed by atoms with Gasteiger partial charge in [-0.05, 0) is 45.9 Å². The van der Waals surface area contributed by atoms with E-state index in [4.69, 9.17) is 0 Å². The topological polar surface area (TPSA) is 38.1 Å². The first kappa shape index (κ1) is 14.3. The quantitative estimate of drug-likeness (QED) is 0.857. The van der Waals surface area contributed by atoms with Crippen LogP contribution in [0.15, 0.2) is 30.3 Å². The molecule has 0 atom stereocenters. The summed E-state index contributed by atoms with van der Waals surface area (Å²) in [7, 11) is 0. The first-order valence-corrected chi connectivity index (χ1v) is 6.99. The van der Waals surface area contributed by atoms with Gasteiger partial charge in [-0.1, -0.05) is 17.7 Å². The van der Waals surface area contributed by atoms with Crippen LogP contribution in [0.1, 0.15) is 35.6 Å². The van der Waals surface area contributed by atoms with Crippen molar-refractivity contribution in [3.8, 4) is 5.69 Å². The first-order chi connectivity index (χ1) is 9.56. The molecular formula is C16H21N3O. The second-order valence-corrected chi connectivity index (χ2v) is 4.90. The van der Waals surface area contributed by atoms with E-state index in [1.807, 2.05) is 55.8 Å². The summed E-state index contributed by atoms with van der Waals surface area (Å²) in [5, 5.41) is 4.45. The average Bonchev–Trinajstić information content (AvgIpc) is 2.83. The zero-order valence-electron chi connectivity index (χ0n) is 12.6. The largest absolute Gasteiger partial charge is 0.338 e. The zero-order valence-corrected chi connectivity index (χ0v) is 12.6. The molecule has 0 aliphatic carbocycles. The van der Waals surface area contributed by atoms with Gasteiger partial charge in [0.1, 0.15) is 0 Å². The molecule has 0 aliphatic heterocycles. The minimum atomic E-state index is -0.0102. The number of aryl methyl sites for hydroxylation is 2. The summed E-state index contributed by atoms with van der Waals surface area (Å²) in [6, 6.07) is 9.97. The highest BCUT2D eigenvalue weighted by Gasteiger charge is 2.17. The van der Waals surface area contributed by atoms with Crippen molar-refractivity contribution in [1.82, 2.24) is 14.7 Å². The van der Waals surface area contributed by atoms with Crippen LogP contribution in [0, 0.1) is 13.8 Å². The van der Waals surface area contributed by atoms with Crippen LogP contribution >= 0.6 is 0 Å². The van der Waals surface area contributed by atoms with Gasteiger partial charge in [0.2, 0.25) is 0 Å². The van der Waals surface area contributed by atoms with E-state index in [1.54, 1.807) is 4.90 Å². The Morgan fingerprint density at radius 2 is 1.75 bits per heavy atom. The van der Waals surface area contributed by atoms with Crippen molar-refractivity contribution in [1.29, 1.82) is 0 Å². The Morgan fingerprint density at radius 3 is 2.30 bits per heavy atom. The van der Waals surface area contributed by atoms with Gasteiger partial charge in [0, 0.05) is 18.8 Å². The molecule has 20 heavy (non-hydrogen) atoms. The molecule has 1 aromatic heterocycles. The summed E-state index contributed by atoms with van der Waals surface area (Å²) in [5.41, 5.74) is 3.65. The summed E-state index contributed by atoms with van der Waals surface area (Å²) in [4.78, 5) is 14.1. The predicted octanol–water partition coefficient (Wildman–Crippen LogP) is 2.97. The van der Waals surface area contributed by atoms with E-state index < -0.39 is 0 Å². The van der Waals surface area contributed by atoms with Crippen molar-refractivity contribution in [3.05, 3.63) is 47.3 Å². The van der Waals surface area contributed by atoms with Crippen molar-refractivity contribution in [3.63, 3.8) is 0 Å².